The number of carbonyl (C=O) groups is 2. The molecule has 0 amide bonds. The van der Waals surface area contributed by atoms with E-state index in [9.17, 15) is 9.59 Å². The summed E-state index contributed by atoms with van der Waals surface area (Å²) >= 11 is 0. The Labute approximate surface area is 195 Å². The molecule has 0 saturated heterocycles. The first kappa shape index (κ1) is 22.9. The van der Waals surface area contributed by atoms with Gasteiger partial charge in [-0.05, 0) is 36.4 Å². The molecular formula is C25H23NO8. The molecule has 0 atom stereocenters. The fraction of sp³-hybridized carbons (Fsp3) is 0.240. The van der Waals surface area contributed by atoms with E-state index in [0.717, 1.165) is 0 Å². The Kier molecular flexibility index (Phi) is 6.53. The fourth-order valence-electron chi connectivity index (χ4n) is 3.55. The molecule has 1 aliphatic rings. The predicted octanol–water partition coefficient (Wildman–Crippen LogP) is 4.16. The molecule has 34 heavy (non-hydrogen) atoms. The van der Waals surface area contributed by atoms with Crippen LogP contribution in [0, 0.1) is 6.92 Å². The predicted molar refractivity (Wildman–Crippen MR) is 121 cm³/mol. The van der Waals surface area contributed by atoms with Crippen LogP contribution < -0.4 is 23.7 Å². The summed E-state index contributed by atoms with van der Waals surface area (Å²) in [5.41, 5.74) is 1.56. The maximum atomic E-state index is 12.9. The van der Waals surface area contributed by atoms with Crippen LogP contribution in [0.2, 0.25) is 0 Å². The van der Waals surface area contributed by atoms with Crippen molar-refractivity contribution in [2.75, 3.05) is 21.3 Å². The van der Waals surface area contributed by atoms with E-state index >= 15 is 0 Å². The van der Waals surface area contributed by atoms with Gasteiger partial charge in [-0.2, -0.15) is 0 Å². The van der Waals surface area contributed by atoms with E-state index in [2.05, 4.69) is 5.16 Å². The number of benzene rings is 2. The molecule has 2 aromatic carbocycles. The molecule has 0 unspecified atom stereocenters. The molecule has 3 aromatic rings. The number of aromatic nitrogens is 1. The largest absolute Gasteiger partial charge is 0.493 e. The van der Waals surface area contributed by atoms with Gasteiger partial charge in [-0.25, -0.2) is 0 Å². The Morgan fingerprint density at radius 3 is 2.59 bits per heavy atom. The lowest BCUT2D eigenvalue weighted by molar-refractivity contribution is -0.134. The van der Waals surface area contributed by atoms with Gasteiger partial charge in [0.15, 0.2) is 17.3 Å². The van der Waals surface area contributed by atoms with Crippen LogP contribution in [-0.2, 0) is 11.2 Å². The number of rotatable bonds is 8. The standard InChI is InChI=1S/C25H23NO8/c1-14-18(32-22(27)11-8-16-13-21(30-3)26-34-16)10-9-17-23(28)20(33-24(14)17)12-15-6-5-7-19(29-2)25(15)31-4/h5-7,9-10,12-13H,8,11H2,1-4H3/b20-12-. The summed E-state index contributed by atoms with van der Waals surface area (Å²) < 4.78 is 32.2. The number of para-hydroxylation sites is 1. The number of fused-ring (bicyclic) bond motifs is 1. The number of esters is 1. The molecule has 9 nitrogen and oxygen atoms in total. The van der Waals surface area contributed by atoms with Crippen LogP contribution in [0.25, 0.3) is 6.08 Å². The third kappa shape index (κ3) is 4.45. The number of methoxy groups -OCH3 is 3. The zero-order chi connectivity index (χ0) is 24.2. The van der Waals surface area contributed by atoms with Crippen LogP contribution >= 0.6 is 0 Å². The van der Waals surface area contributed by atoms with Gasteiger partial charge in [0.05, 0.1) is 33.3 Å². The minimum atomic E-state index is -0.459. The molecule has 2 heterocycles. The minimum absolute atomic E-state index is 0.0788. The Hall–Kier alpha value is -4.27. The maximum absolute atomic E-state index is 12.9. The van der Waals surface area contributed by atoms with Crippen molar-refractivity contribution in [1.29, 1.82) is 0 Å². The number of ketones is 1. The lowest BCUT2D eigenvalue weighted by atomic mass is 10.1. The van der Waals surface area contributed by atoms with Gasteiger partial charge in [-0.1, -0.05) is 12.1 Å². The van der Waals surface area contributed by atoms with Crippen LogP contribution in [0.15, 0.2) is 46.7 Å². The van der Waals surface area contributed by atoms with Gasteiger partial charge >= 0.3 is 5.97 Å². The summed E-state index contributed by atoms with van der Waals surface area (Å²) in [5.74, 6) is 1.93. The van der Waals surface area contributed by atoms with Gasteiger partial charge in [0.2, 0.25) is 5.78 Å². The number of nitrogens with zero attached hydrogens (tertiary/aromatic N) is 1. The van der Waals surface area contributed by atoms with E-state index in [-0.39, 0.29) is 18.0 Å². The van der Waals surface area contributed by atoms with E-state index in [1.807, 2.05) is 0 Å². The third-order valence-corrected chi connectivity index (χ3v) is 5.30. The number of ether oxygens (including phenoxy) is 5. The Balaban J connectivity index is 1.51. The molecular weight excluding hydrogens is 442 g/mol. The maximum Gasteiger partial charge on any atom is 0.311 e. The summed E-state index contributed by atoms with van der Waals surface area (Å²) in [6.07, 6.45) is 1.99. The molecule has 0 aliphatic carbocycles. The molecule has 0 saturated carbocycles. The molecule has 1 aromatic heterocycles. The molecule has 0 spiro atoms. The van der Waals surface area contributed by atoms with Gasteiger partial charge in [0, 0.05) is 23.6 Å². The van der Waals surface area contributed by atoms with Crippen molar-refractivity contribution in [3.8, 4) is 28.9 Å². The zero-order valence-electron chi connectivity index (χ0n) is 19.2. The second-order valence-electron chi connectivity index (χ2n) is 7.40. The summed E-state index contributed by atoms with van der Waals surface area (Å²) in [6.45, 7) is 1.73. The third-order valence-electron chi connectivity index (χ3n) is 5.30. The molecule has 0 bridgehead atoms. The van der Waals surface area contributed by atoms with Crippen LogP contribution in [0.5, 0.6) is 28.9 Å². The normalized spacial score (nSPS) is 13.4. The zero-order valence-corrected chi connectivity index (χ0v) is 19.2. The quantitative estimate of drug-likeness (QED) is 0.275. The average molecular weight is 465 g/mol. The van der Waals surface area contributed by atoms with Crippen LogP contribution in [0.4, 0.5) is 0 Å². The van der Waals surface area contributed by atoms with Crippen molar-refractivity contribution in [2.45, 2.75) is 19.8 Å². The summed E-state index contributed by atoms with van der Waals surface area (Å²) in [7, 11) is 4.54. The number of Topliss-reactive ketones (excluding diaryl/α,β-unsaturated/α-hetero) is 1. The van der Waals surface area contributed by atoms with E-state index < -0.39 is 5.97 Å². The van der Waals surface area contributed by atoms with Crippen molar-refractivity contribution in [3.63, 3.8) is 0 Å². The SMILES string of the molecule is COc1cc(CCC(=O)Oc2ccc3c(c2C)O/C(=C\c2cccc(OC)c2OC)C3=O)on1. The van der Waals surface area contributed by atoms with E-state index in [0.29, 0.717) is 57.7 Å². The molecule has 0 fully saturated rings. The van der Waals surface area contributed by atoms with Gasteiger partial charge in [0.1, 0.15) is 17.3 Å². The summed E-state index contributed by atoms with van der Waals surface area (Å²) in [6, 6.07) is 10.1. The van der Waals surface area contributed by atoms with Crippen molar-refractivity contribution < 1.29 is 37.8 Å². The van der Waals surface area contributed by atoms with Crippen molar-refractivity contribution in [1.82, 2.24) is 5.16 Å². The van der Waals surface area contributed by atoms with Crippen LogP contribution in [0.3, 0.4) is 0 Å². The highest BCUT2D eigenvalue weighted by Crippen LogP contribution is 2.40. The van der Waals surface area contributed by atoms with Gasteiger partial charge < -0.3 is 28.2 Å². The number of hydrogen-bond acceptors (Lipinski definition) is 9. The number of carbonyl (C=O) groups excluding carboxylic acids is 2. The lowest BCUT2D eigenvalue weighted by Gasteiger charge is -2.11. The minimum Gasteiger partial charge on any atom is -0.493 e. The summed E-state index contributed by atoms with van der Waals surface area (Å²) in [5, 5.41) is 3.70. The Morgan fingerprint density at radius 1 is 1.06 bits per heavy atom. The molecule has 176 valence electrons. The van der Waals surface area contributed by atoms with E-state index in [1.165, 1.54) is 21.3 Å². The van der Waals surface area contributed by atoms with Crippen LogP contribution in [-0.4, -0.2) is 38.2 Å². The van der Waals surface area contributed by atoms with E-state index in [4.69, 9.17) is 28.2 Å². The van der Waals surface area contributed by atoms with Crippen LogP contribution in [0.1, 0.15) is 33.7 Å². The molecule has 9 heteroatoms. The second-order valence-corrected chi connectivity index (χ2v) is 7.40. The number of allylic oxidation sites excluding steroid dienone is 1. The van der Waals surface area contributed by atoms with E-state index in [1.54, 1.807) is 49.4 Å². The van der Waals surface area contributed by atoms with Crippen molar-refractivity contribution in [3.05, 3.63) is 64.6 Å². The second kappa shape index (κ2) is 9.70. The molecule has 4 rings (SSSR count). The smallest absolute Gasteiger partial charge is 0.311 e. The monoisotopic (exact) mass is 465 g/mol. The molecule has 0 radical (unpaired) electrons. The highest BCUT2D eigenvalue weighted by atomic mass is 16.5. The van der Waals surface area contributed by atoms with Gasteiger partial charge in [-0.15, -0.1) is 0 Å². The van der Waals surface area contributed by atoms with Crippen molar-refractivity contribution >= 4 is 17.8 Å². The topological polar surface area (TPSA) is 106 Å². The van der Waals surface area contributed by atoms with Crippen molar-refractivity contribution in [2.24, 2.45) is 0 Å². The summed E-state index contributed by atoms with van der Waals surface area (Å²) in [4.78, 5) is 25.3. The average Bonchev–Trinajstić information content (AvgIpc) is 3.44. The fourth-order valence-corrected chi connectivity index (χ4v) is 3.55. The lowest BCUT2D eigenvalue weighted by Crippen LogP contribution is -2.10. The first-order valence-electron chi connectivity index (χ1n) is 10.4. The first-order valence-corrected chi connectivity index (χ1v) is 10.4. The highest BCUT2D eigenvalue weighted by Gasteiger charge is 2.31. The number of aryl methyl sites for hydroxylation is 1. The Bertz CT molecular complexity index is 1270. The molecule has 1 aliphatic heterocycles. The Morgan fingerprint density at radius 2 is 1.88 bits per heavy atom. The molecule has 0 N–H and O–H groups in total. The first-order chi connectivity index (χ1) is 16.4. The number of hydrogen-bond donors (Lipinski definition) is 0. The van der Waals surface area contributed by atoms with Gasteiger partial charge in [-0.3, -0.25) is 9.59 Å². The highest BCUT2D eigenvalue weighted by molar-refractivity contribution is 6.15. The van der Waals surface area contributed by atoms with Gasteiger partial charge in [0.25, 0.3) is 5.88 Å².